The molecule has 0 aliphatic carbocycles. The summed E-state index contributed by atoms with van der Waals surface area (Å²) in [4.78, 5) is 0. The van der Waals surface area contributed by atoms with Gasteiger partial charge in [0.1, 0.15) is 0 Å². The minimum Gasteiger partial charge on any atom is -0.313 e. The molecule has 0 fully saturated rings. The molecule has 0 atom stereocenters. The Bertz CT molecular complexity index is 1910. The molecule has 6 rings (SSSR count). The normalized spacial score (nSPS) is 11.7. The molecule has 0 aliphatic rings. The minimum atomic E-state index is -0.163. The molecular weight excluding hydrogens is 484 g/mol. The molecule has 0 N–H and O–H groups in total. The Morgan fingerprint density at radius 1 is 0.550 bits per heavy atom. The Labute approximate surface area is 236 Å². The van der Waals surface area contributed by atoms with Crippen molar-refractivity contribution in [1.82, 2.24) is 9.13 Å². The van der Waals surface area contributed by atoms with Crippen LogP contribution in [0, 0.1) is 6.92 Å². The zero-order valence-corrected chi connectivity index (χ0v) is 23.5. The maximum atomic E-state index is 4.10. The Hall–Kier alpha value is -4.82. The summed E-state index contributed by atoms with van der Waals surface area (Å²) in [7, 11) is 0. The van der Waals surface area contributed by atoms with Gasteiger partial charge in [-0.3, -0.25) is 0 Å². The van der Waals surface area contributed by atoms with Crippen LogP contribution in [0.15, 0.2) is 117 Å². The molecule has 0 amide bonds. The van der Waals surface area contributed by atoms with Crippen molar-refractivity contribution in [3.05, 3.63) is 150 Å². The number of aromatic nitrogens is 2. The first kappa shape index (κ1) is 25.5. The summed E-state index contributed by atoms with van der Waals surface area (Å²) >= 11 is 0. The SMILES string of the molecule is C=Cc1c(C)n(-c2ccc(C(C)(C)c3ccc(-n4c(C=C)c(C=C)c5ccccc54)cc3)cc2)c2ccccc12. The number of hydrogen-bond donors (Lipinski definition) is 0. The first-order valence-corrected chi connectivity index (χ1v) is 13.7. The smallest absolute Gasteiger partial charge is 0.0541 e. The van der Waals surface area contributed by atoms with Crippen molar-refractivity contribution >= 4 is 40.0 Å². The number of para-hydroxylation sites is 2. The summed E-state index contributed by atoms with van der Waals surface area (Å²) in [6.07, 6.45) is 5.80. The third kappa shape index (κ3) is 3.79. The van der Waals surface area contributed by atoms with Gasteiger partial charge in [-0.25, -0.2) is 0 Å². The second-order valence-corrected chi connectivity index (χ2v) is 10.8. The van der Waals surface area contributed by atoms with Gasteiger partial charge in [0.05, 0.1) is 16.7 Å². The van der Waals surface area contributed by atoms with E-state index in [2.05, 4.69) is 147 Å². The molecule has 2 nitrogen and oxygen atoms in total. The second kappa shape index (κ2) is 9.73. The average Bonchev–Trinajstić information content (AvgIpc) is 3.47. The number of nitrogens with zero attached hydrogens (tertiary/aromatic N) is 2. The van der Waals surface area contributed by atoms with Crippen molar-refractivity contribution in [1.29, 1.82) is 0 Å². The highest BCUT2D eigenvalue weighted by Crippen LogP contribution is 2.36. The monoisotopic (exact) mass is 518 g/mol. The van der Waals surface area contributed by atoms with Crippen molar-refractivity contribution in [3.63, 3.8) is 0 Å². The zero-order valence-electron chi connectivity index (χ0n) is 23.5. The van der Waals surface area contributed by atoms with Crippen LogP contribution in [-0.4, -0.2) is 9.13 Å². The fourth-order valence-electron chi connectivity index (χ4n) is 6.18. The second-order valence-electron chi connectivity index (χ2n) is 10.8. The van der Waals surface area contributed by atoms with Gasteiger partial charge in [-0.1, -0.05) is 106 Å². The molecule has 6 aromatic rings. The number of hydrogen-bond acceptors (Lipinski definition) is 0. The molecule has 2 heteroatoms. The van der Waals surface area contributed by atoms with Crippen molar-refractivity contribution in [2.24, 2.45) is 0 Å². The van der Waals surface area contributed by atoms with Gasteiger partial charge in [0.25, 0.3) is 0 Å². The lowest BCUT2D eigenvalue weighted by Gasteiger charge is -2.27. The summed E-state index contributed by atoms with van der Waals surface area (Å²) < 4.78 is 4.60. The molecule has 0 aliphatic heterocycles. The molecule has 196 valence electrons. The Morgan fingerprint density at radius 2 is 1.00 bits per heavy atom. The first-order valence-electron chi connectivity index (χ1n) is 13.7. The molecule has 40 heavy (non-hydrogen) atoms. The van der Waals surface area contributed by atoms with E-state index >= 15 is 0 Å². The van der Waals surface area contributed by atoms with Gasteiger partial charge in [0.15, 0.2) is 0 Å². The van der Waals surface area contributed by atoms with Gasteiger partial charge in [-0.15, -0.1) is 0 Å². The fraction of sp³-hybridized carbons (Fsp3) is 0.105. The third-order valence-corrected chi connectivity index (χ3v) is 8.41. The first-order chi connectivity index (χ1) is 19.4. The molecule has 0 radical (unpaired) electrons. The van der Waals surface area contributed by atoms with Crippen molar-refractivity contribution < 1.29 is 0 Å². The van der Waals surface area contributed by atoms with Crippen LogP contribution in [0.1, 0.15) is 47.5 Å². The van der Waals surface area contributed by atoms with Crippen LogP contribution in [0.5, 0.6) is 0 Å². The topological polar surface area (TPSA) is 9.86 Å². The van der Waals surface area contributed by atoms with E-state index in [0.29, 0.717) is 0 Å². The van der Waals surface area contributed by atoms with Crippen molar-refractivity contribution in [2.45, 2.75) is 26.2 Å². The van der Waals surface area contributed by atoms with E-state index in [1.807, 2.05) is 18.2 Å². The fourth-order valence-corrected chi connectivity index (χ4v) is 6.18. The van der Waals surface area contributed by atoms with Crippen LogP contribution < -0.4 is 0 Å². The molecule has 0 bridgehead atoms. The van der Waals surface area contributed by atoms with E-state index in [-0.39, 0.29) is 5.41 Å². The summed E-state index contributed by atoms with van der Waals surface area (Å²) in [5, 5.41) is 2.41. The Morgan fingerprint density at radius 3 is 1.50 bits per heavy atom. The number of rotatable bonds is 7. The Balaban J connectivity index is 1.37. The minimum absolute atomic E-state index is 0.163. The van der Waals surface area contributed by atoms with E-state index in [4.69, 9.17) is 0 Å². The quantitative estimate of drug-likeness (QED) is 0.199. The van der Waals surface area contributed by atoms with Crippen molar-refractivity contribution in [2.75, 3.05) is 0 Å². The summed E-state index contributed by atoms with van der Waals surface area (Å²) in [5.74, 6) is 0. The molecule has 0 saturated carbocycles. The van der Waals surface area contributed by atoms with Gasteiger partial charge >= 0.3 is 0 Å². The van der Waals surface area contributed by atoms with E-state index in [1.54, 1.807) is 0 Å². The molecule has 0 unspecified atom stereocenters. The van der Waals surface area contributed by atoms with Gasteiger partial charge in [-0.05, 0) is 60.5 Å². The van der Waals surface area contributed by atoms with Crippen LogP contribution in [0.4, 0.5) is 0 Å². The maximum absolute atomic E-state index is 4.10. The van der Waals surface area contributed by atoms with Crippen molar-refractivity contribution in [3.8, 4) is 11.4 Å². The molecule has 4 aromatic carbocycles. The zero-order chi connectivity index (χ0) is 28.0. The summed E-state index contributed by atoms with van der Waals surface area (Å²) in [6, 6.07) is 34.9. The predicted molar refractivity (Wildman–Crippen MR) is 174 cm³/mol. The lowest BCUT2D eigenvalue weighted by Crippen LogP contribution is -2.19. The van der Waals surface area contributed by atoms with E-state index < -0.39 is 0 Å². The molecule has 2 aromatic heterocycles. The van der Waals surface area contributed by atoms with Gasteiger partial charge in [0.2, 0.25) is 0 Å². The summed E-state index contributed by atoms with van der Waals surface area (Å²) in [5.41, 5.74) is 11.6. The van der Waals surface area contributed by atoms with Crippen LogP contribution in [0.3, 0.4) is 0 Å². The van der Waals surface area contributed by atoms with Crippen LogP contribution >= 0.6 is 0 Å². The molecule has 0 saturated heterocycles. The average molecular weight is 519 g/mol. The lowest BCUT2D eigenvalue weighted by molar-refractivity contribution is 0.640. The van der Waals surface area contributed by atoms with E-state index in [9.17, 15) is 0 Å². The Kier molecular flexibility index (Phi) is 6.19. The summed E-state index contributed by atoms with van der Waals surface area (Å²) in [6.45, 7) is 19.0. The standard InChI is InChI=1S/C38H34N2/c1-7-31-26(4)39(36-16-12-10-14-33(31)36)29-22-18-27(19-23-29)38(5,6)28-20-24-30(25-21-28)40-35(9-3)32(8-2)34-15-11-13-17-37(34)40/h7-25H,1-3H2,4-6H3. The van der Waals surface area contributed by atoms with Gasteiger partial charge in [-0.2, -0.15) is 0 Å². The molecule has 0 spiro atoms. The van der Waals surface area contributed by atoms with Gasteiger partial charge < -0.3 is 9.13 Å². The van der Waals surface area contributed by atoms with Crippen LogP contribution in [0.25, 0.3) is 51.4 Å². The lowest BCUT2D eigenvalue weighted by atomic mass is 9.78. The van der Waals surface area contributed by atoms with E-state index in [0.717, 1.165) is 28.1 Å². The maximum Gasteiger partial charge on any atom is 0.0541 e. The third-order valence-electron chi connectivity index (χ3n) is 8.41. The van der Waals surface area contributed by atoms with Crippen LogP contribution in [-0.2, 0) is 5.41 Å². The largest absolute Gasteiger partial charge is 0.313 e. The predicted octanol–water partition coefficient (Wildman–Crippen LogP) is 10.1. The highest BCUT2D eigenvalue weighted by molar-refractivity contribution is 5.95. The van der Waals surface area contributed by atoms with E-state index in [1.165, 1.54) is 38.7 Å². The van der Waals surface area contributed by atoms with Crippen LogP contribution in [0.2, 0.25) is 0 Å². The highest BCUT2D eigenvalue weighted by atomic mass is 15.0. The number of fused-ring (bicyclic) bond motifs is 2. The number of benzene rings is 4. The van der Waals surface area contributed by atoms with Gasteiger partial charge in [0, 0.05) is 44.4 Å². The molecular formula is C38H34N2. The molecule has 2 heterocycles. The highest BCUT2D eigenvalue weighted by Gasteiger charge is 2.24.